The number of nitrogens with one attached hydrogen (secondary N) is 5. The molecule has 1 aromatic heterocycles. The maximum Gasteiger partial charge on any atom is 0.326 e. The molecular weight excluding hydrogens is 644 g/mol. The van der Waals surface area contributed by atoms with Crippen LogP contribution in [0.1, 0.15) is 113 Å². The van der Waals surface area contributed by atoms with E-state index in [4.69, 9.17) is 0 Å². The Morgan fingerprint density at radius 1 is 0.620 bits per heavy atom. The molecule has 282 valence electrons. The Balaban J connectivity index is 2.69. The molecule has 2 bridgehead atoms. The summed E-state index contributed by atoms with van der Waals surface area (Å²) in [6.07, 6.45) is 2.58. The van der Waals surface area contributed by atoms with E-state index in [1.807, 2.05) is 69.2 Å². The van der Waals surface area contributed by atoms with Gasteiger partial charge in [0.05, 0.1) is 5.69 Å². The summed E-state index contributed by atoms with van der Waals surface area (Å²) in [6, 6.07) is -6.43. The maximum atomic E-state index is 13.9. The molecule has 50 heavy (non-hydrogen) atoms. The van der Waals surface area contributed by atoms with Gasteiger partial charge in [0.2, 0.25) is 29.5 Å². The van der Waals surface area contributed by atoms with Gasteiger partial charge in [-0.15, -0.1) is 5.10 Å². The molecule has 0 aromatic carbocycles. The van der Waals surface area contributed by atoms with Gasteiger partial charge in [0, 0.05) is 12.6 Å². The number of fused-ring (bicyclic) bond motifs is 2. The third-order valence-corrected chi connectivity index (χ3v) is 8.26. The topological polar surface area (TPSA) is 214 Å². The second kappa shape index (κ2) is 19.4. The Morgan fingerprint density at radius 3 is 1.30 bits per heavy atom. The lowest BCUT2D eigenvalue weighted by atomic mass is 9.97. The van der Waals surface area contributed by atoms with E-state index in [0.717, 1.165) is 0 Å². The zero-order valence-electron chi connectivity index (χ0n) is 31.4. The molecule has 0 spiro atoms. The van der Waals surface area contributed by atoms with Gasteiger partial charge in [-0.05, 0) is 61.7 Å². The Labute approximate surface area is 296 Å². The zero-order valence-corrected chi connectivity index (χ0v) is 31.4. The number of aliphatic carboxylic acids is 1. The van der Waals surface area contributed by atoms with E-state index >= 15 is 0 Å². The zero-order chi connectivity index (χ0) is 37.9. The molecule has 1 aliphatic heterocycles. The molecule has 0 aliphatic carbocycles. The van der Waals surface area contributed by atoms with E-state index in [1.54, 1.807) is 0 Å². The average Bonchev–Trinajstić information content (AvgIpc) is 3.44. The van der Waals surface area contributed by atoms with Gasteiger partial charge in [0.15, 0.2) is 0 Å². The van der Waals surface area contributed by atoms with E-state index in [0.29, 0.717) is 12.8 Å². The molecule has 6 N–H and O–H groups in total. The number of amides is 5. The van der Waals surface area contributed by atoms with Crippen molar-refractivity contribution >= 4 is 35.5 Å². The van der Waals surface area contributed by atoms with Crippen molar-refractivity contribution in [3.05, 3.63) is 11.9 Å². The Hall–Kier alpha value is -4.04. The monoisotopic (exact) mass is 704 g/mol. The fourth-order valence-electron chi connectivity index (χ4n) is 5.92. The number of hydrogen-bond donors (Lipinski definition) is 6. The minimum absolute atomic E-state index is 0.00894. The Bertz CT molecular complexity index is 1330. The highest BCUT2D eigenvalue weighted by Crippen LogP contribution is 2.20. The van der Waals surface area contributed by atoms with Crippen molar-refractivity contribution in [2.24, 2.45) is 29.6 Å². The Kier molecular flexibility index (Phi) is 16.3. The third kappa shape index (κ3) is 13.7. The van der Waals surface area contributed by atoms with Crippen molar-refractivity contribution in [3.63, 3.8) is 0 Å². The van der Waals surface area contributed by atoms with Crippen LogP contribution >= 0.6 is 0 Å². The summed E-state index contributed by atoms with van der Waals surface area (Å²) in [7, 11) is 0. The molecule has 0 radical (unpaired) electrons. The minimum atomic E-state index is -1.41. The summed E-state index contributed by atoms with van der Waals surface area (Å²) in [6.45, 7) is 19.0. The van der Waals surface area contributed by atoms with Crippen molar-refractivity contribution in [2.75, 3.05) is 0 Å². The molecule has 2 rings (SSSR count). The summed E-state index contributed by atoms with van der Waals surface area (Å²) >= 11 is 0. The van der Waals surface area contributed by atoms with Gasteiger partial charge in [-0.25, -0.2) is 9.48 Å². The molecule has 0 saturated carbocycles. The SMILES string of the molecule is CC(C)CC1NC(=O)C(CC(C)C)NC(=O)[C@H](CC(C)C)NC(=O)C(CC(C)C)n2cc(nn2)C[C@@H](C(=O)O)NC(=O)[C@H](CC(C)C)NC1=O. The number of rotatable bonds is 11. The summed E-state index contributed by atoms with van der Waals surface area (Å²) in [5, 5.41) is 32.1. The molecule has 2 heterocycles. The van der Waals surface area contributed by atoms with Crippen molar-refractivity contribution in [3.8, 4) is 0 Å². The first-order chi connectivity index (χ1) is 23.3. The number of carbonyl (C=O) groups is 6. The lowest BCUT2D eigenvalue weighted by Gasteiger charge is -2.29. The number of carboxylic acid groups (broad SMARTS) is 1. The predicted molar refractivity (Wildman–Crippen MR) is 187 cm³/mol. The van der Waals surface area contributed by atoms with E-state index in [2.05, 4.69) is 36.9 Å². The molecule has 6 atom stereocenters. The summed E-state index contributed by atoms with van der Waals surface area (Å²) in [5.41, 5.74) is 0.228. The fraction of sp³-hybridized carbons (Fsp3) is 0.771. The molecular formula is C35H60N8O7. The normalized spacial score (nSPS) is 25.0. The van der Waals surface area contributed by atoms with Crippen LogP contribution in [0.3, 0.4) is 0 Å². The third-order valence-electron chi connectivity index (χ3n) is 8.26. The number of carboxylic acids is 1. The highest BCUT2D eigenvalue weighted by molar-refractivity contribution is 5.96. The van der Waals surface area contributed by atoms with Crippen LogP contribution in [0.25, 0.3) is 0 Å². The number of carbonyl (C=O) groups excluding carboxylic acids is 5. The first-order valence-electron chi connectivity index (χ1n) is 17.9. The van der Waals surface area contributed by atoms with Crippen LogP contribution in [0.2, 0.25) is 0 Å². The highest BCUT2D eigenvalue weighted by atomic mass is 16.4. The molecule has 15 heteroatoms. The van der Waals surface area contributed by atoms with Crippen LogP contribution in [-0.4, -0.2) is 85.8 Å². The number of nitrogens with zero attached hydrogens (tertiary/aromatic N) is 3. The lowest BCUT2D eigenvalue weighted by Crippen LogP contribution is -2.59. The first-order valence-corrected chi connectivity index (χ1v) is 17.9. The van der Waals surface area contributed by atoms with Crippen molar-refractivity contribution in [1.29, 1.82) is 0 Å². The first kappa shape index (κ1) is 42.1. The smallest absolute Gasteiger partial charge is 0.326 e. The van der Waals surface area contributed by atoms with E-state index in [1.165, 1.54) is 10.9 Å². The van der Waals surface area contributed by atoms with Gasteiger partial charge in [0.25, 0.3) is 0 Å². The van der Waals surface area contributed by atoms with Crippen molar-refractivity contribution in [2.45, 2.75) is 144 Å². The van der Waals surface area contributed by atoms with E-state index in [-0.39, 0.29) is 61.0 Å². The second-order valence-corrected chi connectivity index (χ2v) is 15.7. The molecule has 5 amide bonds. The molecule has 1 aliphatic rings. The van der Waals surface area contributed by atoms with Gasteiger partial charge < -0.3 is 31.7 Å². The largest absolute Gasteiger partial charge is 0.480 e. The molecule has 1 aromatic rings. The second-order valence-electron chi connectivity index (χ2n) is 15.7. The standard InChI is InChI=1S/C35H60N8O7/c1-18(2)11-24-31(45)38-26(13-20(5)6)33(47)40-28(35(49)50)16-23-17-43(42-41-23)29(15-22(9)10)34(48)39-27(14-21(7)8)32(46)37-25(12-19(3)4)30(44)36-24/h17-22,24-29H,11-16H2,1-10H3,(H,36,44)(H,37,46)(H,38,45)(H,39,48)(H,40,47)(H,49,50)/t24?,25?,26-,27-,28-,29?/m0/s1. The van der Waals surface area contributed by atoms with Crippen LogP contribution in [0.5, 0.6) is 0 Å². The van der Waals surface area contributed by atoms with Gasteiger partial charge in [-0.2, -0.15) is 0 Å². The van der Waals surface area contributed by atoms with Gasteiger partial charge in [-0.1, -0.05) is 74.5 Å². The van der Waals surface area contributed by atoms with Crippen LogP contribution < -0.4 is 26.6 Å². The van der Waals surface area contributed by atoms with Crippen LogP contribution in [0.4, 0.5) is 0 Å². The molecule has 0 fully saturated rings. The molecule has 0 saturated heterocycles. The van der Waals surface area contributed by atoms with Crippen molar-refractivity contribution < 1.29 is 33.9 Å². The lowest BCUT2D eigenvalue weighted by molar-refractivity contribution is -0.142. The number of aromatic nitrogens is 3. The number of hydrogen-bond acceptors (Lipinski definition) is 8. The average molecular weight is 705 g/mol. The fourth-order valence-corrected chi connectivity index (χ4v) is 5.92. The van der Waals surface area contributed by atoms with E-state index < -0.39 is 71.8 Å². The van der Waals surface area contributed by atoms with Crippen molar-refractivity contribution in [1.82, 2.24) is 41.6 Å². The summed E-state index contributed by atoms with van der Waals surface area (Å²) in [4.78, 5) is 81.2. The van der Waals surface area contributed by atoms with Gasteiger partial charge >= 0.3 is 5.97 Å². The van der Waals surface area contributed by atoms with Gasteiger partial charge in [0.1, 0.15) is 36.3 Å². The maximum absolute atomic E-state index is 13.9. The molecule has 15 nitrogen and oxygen atoms in total. The Morgan fingerprint density at radius 2 is 0.960 bits per heavy atom. The quantitative estimate of drug-likeness (QED) is 0.199. The molecule has 3 unspecified atom stereocenters. The minimum Gasteiger partial charge on any atom is -0.480 e. The van der Waals surface area contributed by atoms with Crippen LogP contribution in [0.15, 0.2) is 6.20 Å². The highest BCUT2D eigenvalue weighted by Gasteiger charge is 2.35. The summed E-state index contributed by atoms with van der Waals surface area (Å²) < 4.78 is 1.35. The van der Waals surface area contributed by atoms with E-state index in [9.17, 15) is 33.9 Å². The van der Waals surface area contributed by atoms with Crippen LogP contribution in [0, 0.1) is 29.6 Å². The summed E-state index contributed by atoms with van der Waals surface area (Å²) in [5.74, 6) is -4.24. The predicted octanol–water partition coefficient (Wildman–Crippen LogP) is 2.11. The van der Waals surface area contributed by atoms with Gasteiger partial charge in [-0.3, -0.25) is 24.0 Å². The van der Waals surface area contributed by atoms with Crippen LogP contribution in [-0.2, 0) is 35.2 Å².